The molecule has 9 heteroatoms. The molecule has 1 unspecified atom stereocenters. The predicted molar refractivity (Wildman–Crippen MR) is 71.8 cm³/mol. The lowest BCUT2D eigenvalue weighted by molar-refractivity contribution is -0.227. The third-order valence-corrected chi connectivity index (χ3v) is 3.53. The summed E-state index contributed by atoms with van der Waals surface area (Å²) in [7, 11) is -4.03. The largest absolute Gasteiger partial charge is 0.505 e. The second kappa shape index (κ2) is 9.78. The van der Waals surface area contributed by atoms with Crippen molar-refractivity contribution in [1.82, 2.24) is 0 Å². The molecule has 0 N–H and O–H groups in total. The molecule has 0 aliphatic carbocycles. The van der Waals surface area contributed by atoms with Crippen LogP contribution in [0.2, 0.25) is 0 Å². The quantitative estimate of drug-likeness (QED) is 0.184. The Balaban J connectivity index is 4.26. The minimum absolute atomic E-state index is 0.158. The van der Waals surface area contributed by atoms with Crippen molar-refractivity contribution in [2.24, 2.45) is 0 Å². The van der Waals surface area contributed by atoms with Gasteiger partial charge in [0.05, 0.1) is 13.2 Å². The van der Waals surface area contributed by atoms with Crippen LogP contribution in [0, 0.1) is 0 Å². The SMILES string of the molecule is CCCCOOP(=O)(OCCCC)OC(Cl)(Cl)Cl. The van der Waals surface area contributed by atoms with Gasteiger partial charge in [-0.05, 0) is 12.8 Å². The molecule has 0 aromatic heterocycles. The highest BCUT2D eigenvalue weighted by molar-refractivity contribution is 7.48. The van der Waals surface area contributed by atoms with Crippen LogP contribution in [0.5, 0.6) is 0 Å². The minimum atomic E-state index is -4.03. The first-order valence-electron chi connectivity index (χ1n) is 5.66. The molecule has 0 saturated heterocycles. The number of phosphoric ester groups is 1. The molecule has 1 atom stereocenters. The number of phosphoric acid groups is 1. The van der Waals surface area contributed by atoms with Crippen LogP contribution in [0.15, 0.2) is 0 Å². The van der Waals surface area contributed by atoms with Crippen LogP contribution in [-0.4, -0.2) is 17.2 Å². The van der Waals surface area contributed by atoms with Crippen LogP contribution in [0.3, 0.4) is 0 Å². The van der Waals surface area contributed by atoms with E-state index in [4.69, 9.17) is 44.2 Å². The third-order valence-electron chi connectivity index (χ3n) is 1.69. The van der Waals surface area contributed by atoms with E-state index in [-0.39, 0.29) is 13.2 Å². The van der Waals surface area contributed by atoms with Crippen molar-refractivity contribution in [3.05, 3.63) is 0 Å². The number of hydrogen-bond acceptors (Lipinski definition) is 5. The zero-order valence-electron chi connectivity index (χ0n) is 10.4. The molecule has 0 amide bonds. The molecule has 0 spiro atoms. The standard InChI is InChI=1S/C9H18Cl3O5P/c1-3-5-7-14-17-18(13,15-8-6-4-2)16-9(10,11)12/h3-8H2,1-2H3. The molecule has 0 rings (SSSR count). The Labute approximate surface area is 123 Å². The van der Waals surface area contributed by atoms with Gasteiger partial charge in [-0.3, -0.25) is 4.52 Å². The van der Waals surface area contributed by atoms with Gasteiger partial charge in [0.1, 0.15) is 0 Å². The van der Waals surface area contributed by atoms with Crippen molar-refractivity contribution in [1.29, 1.82) is 0 Å². The smallest absolute Gasteiger partial charge is 0.285 e. The van der Waals surface area contributed by atoms with Crippen LogP contribution in [0.4, 0.5) is 0 Å². The first kappa shape index (κ1) is 18.9. The van der Waals surface area contributed by atoms with E-state index in [1.807, 2.05) is 13.8 Å². The van der Waals surface area contributed by atoms with E-state index in [9.17, 15) is 4.57 Å². The van der Waals surface area contributed by atoms with Crippen molar-refractivity contribution < 1.29 is 23.2 Å². The van der Waals surface area contributed by atoms with Crippen LogP contribution in [-0.2, 0) is 23.2 Å². The van der Waals surface area contributed by atoms with E-state index in [2.05, 4.69) is 9.20 Å². The molecule has 0 radical (unpaired) electrons. The molecule has 0 aliphatic rings. The molecule has 0 saturated carbocycles. The molecule has 0 heterocycles. The number of halogens is 3. The van der Waals surface area contributed by atoms with E-state index >= 15 is 0 Å². The Morgan fingerprint density at radius 3 is 2.11 bits per heavy atom. The van der Waals surface area contributed by atoms with Crippen molar-refractivity contribution in [2.45, 2.75) is 43.5 Å². The zero-order valence-corrected chi connectivity index (χ0v) is 13.5. The number of hydrogen-bond donors (Lipinski definition) is 0. The summed E-state index contributed by atoms with van der Waals surface area (Å²) in [6, 6.07) is 0. The normalized spacial score (nSPS) is 15.6. The number of rotatable bonds is 10. The third kappa shape index (κ3) is 10.8. The second-order valence-electron chi connectivity index (χ2n) is 3.42. The van der Waals surface area contributed by atoms with Gasteiger partial charge in [-0.25, -0.2) is 14.0 Å². The van der Waals surface area contributed by atoms with Gasteiger partial charge in [-0.1, -0.05) is 61.5 Å². The highest BCUT2D eigenvalue weighted by atomic mass is 35.6. The summed E-state index contributed by atoms with van der Waals surface area (Å²) in [4.78, 5) is 4.73. The molecule has 110 valence electrons. The summed E-state index contributed by atoms with van der Waals surface area (Å²) in [6.07, 6.45) is 3.16. The summed E-state index contributed by atoms with van der Waals surface area (Å²) in [6.45, 7) is 4.33. The van der Waals surface area contributed by atoms with E-state index in [0.29, 0.717) is 6.42 Å². The Morgan fingerprint density at radius 1 is 1.06 bits per heavy atom. The summed E-state index contributed by atoms with van der Waals surface area (Å²) in [5.74, 6) is 0. The van der Waals surface area contributed by atoms with Gasteiger partial charge in [0, 0.05) is 0 Å². The Hall–Kier alpha value is 0.940. The fourth-order valence-electron chi connectivity index (χ4n) is 0.816. The highest BCUT2D eigenvalue weighted by Gasteiger charge is 2.38. The molecule has 0 bridgehead atoms. The summed E-state index contributed by atoms with van der Waals surface area (Å²) in [5, 5.41) is 0. The maximum atomic E-state index is 12.0. The highest BCUT2D eigenvalue weighted by Crippen LogP contribution is 2.56. The van der Waals surface area contributed by atoms with Gasteiger partial charge in [0.15, 0.2) is 0 Å². The van der Waals surface area contributed by atoms with Crippen LogP contribution >= 0.6 is 42.6 Å². The molecular weight excluding hydrogens is 325 g/mol. The average molecular weight is 344 g/mol. The fourth-order valence-corrected chi connectivity index (χ4v) is 2.51. The van der Waals surface area contributed by atoms with E-state index < -0.39 is 11.8 Å². The molecular formula is C9H18Cl3O5P. The Kier molecular flexibility index (Phi) is 10.3. The monoisotopic (exact) mass is 342 g/mol. The van der Waals surface area contributed by atoms with E-state index in [1.54, 1.807) is 0 Å². The minimum Gasteiger partial charge on any atom is -0.285 e. The van der Waals surface area contributed by atoms with Crippen LogP contribution in [0.25, 0.3) is 0 Å². The van der Waals surface area contributed by atoms with Crippen molar-refractivity contribution in [3.8, 4) is 0 Å². The number of unbranched alkanes of at least 4 members (excludes halogenated alkanes) is 2. The second-order valence-corrected chi connectivity index (χ2v) is 7.08. The number of alkyl halides is 3. The van der Waals surface area contributed by atoms with Gasteiger partial charge in [-0.15, -0.1) is 4.67 Å². The van der Waals surface area contributed by atoms with Crippen LogP contribution in [0.1, 0.15) is 39.5 Å². The summed E-state index contributed by atoms with van der Waals surface area (Å²) >= 11 is 16.2. The van der Waals surface area contributed by atoms with Gasteiger partial charge >= 0.3 is 11.8 Å². The molecule has 0 aliphatic heterocycles. The molecule has 18 heavy (non-hydrogen) atoms. The van der Waals surface area contributed by atoms with Gasteiger partial charge in [0.25, 0.3) is 0 Å². The van der Waals surface area contributed by atoms with E-state index in [1.165, 1.54) is 0 Å². The van der Waals surface area contributed by atoms with Crippen molar-refractivity contribution in [2.75, 3.05) is 13.2 Å². The molecule has 5 nitrogen and oxygen atoms in total. The Morgan fingerprint density at radius 2 is 1.61 bits per heavy atom. The zero-order chi connectivity index (χ0) is 14.1. The molecule has 0 aromatic carbocycles. The lowest BCUT2D eigenvalue weighted by Crippen LogP contribution is -2.11. The first-order valence-corrected chi connectivity index (χ1v) is 8.25. The molecule has 0 aromatic rings. The first-order chi connectivity index (χ1) is 8.33. The van der Waals surface area contributed by atoms with E-state index in [0.717, 1.165) is 19.3 Å². The topological polar surface area (TPSA) is 54.0 Å². The maximum Gasteiger partial charge on any atom is 0.505 e. The maximum absolute atomic E-state index is 12.0. The van der Waals surface area contributed by atoms with Crippen LogP contribution < -0.4 is 0 Å². The van der Waals surface area contributed by atoms with Gasteiger partial charge in [0.2, 0.25) is 0 Å². The molecule has 0 fully saturated rings. The summed E-state index contributed by atoms with van der Waals surface area (Å²) in [5.41, 5.74) is 0. The lowest BCUT2D eigenvalue weighted by atomic mass is 10.4. The van der Waals surface area contributed by atoms with Gasteiger partial charge < -0.3 is 0 Å². The Bertz CT molecular complexity index is 259. The van der Waals surface area contributed by atoms with Crippen molar-refractivity contribution >= 4 is 42.6 Å². The van der Waals surface area contributed by atoms with Gasteiger partial charge in [-0.2, -0.15) is 0 Å². The lowest BCUT2D eigenvalue weighted by Gasteiger charge is -2.20. The summed E-state index contributed by atoms with van der Waals surface area (Å²) < 4.78 is 24.0. The fraction of sp³-hybridized carbons (Fsp3) is 1.00. The average Bonchev–Trinajstić information content (AvgIpc) is 2.22. The predicted octanol–water partition coefficient (Wildman–Crippen LogP) is 5.00. The van der Waals surface area contributed by atoms with Crippen molar-refractivity contribution in [3.63, 3.8) is 0 Å².